The molecule has 1 saturated carbocycles. The van der Waals surface area contributed by atoms with Crippen LogP contribution in [0.3, 0.4) is 0 Å². The van der Waals surface area contributed by atoms with E-state index >= 15 is 0 Å². The van der Waals surface area contributed by atoms with Gasteiger partial charge in [0.15, 0.2) is 0 Å². The summed E-state index contributed by atoms with van der Waals surface area (Å²) in [6, 6.07) is 0. The van der Waals surface area contributed by atoms with Crippen molar-refractivity contribution in [2.24, 2.45) is 10.8 Å². The molecule has 100 valence electrons. The van der Waals surface area contributed by atoms with E-state index in [0.29, 0.717) is 6.42 Å². The Balaban J connectivity index is 2.28. The summed E-state index contributed by atoms with van der Waals surface area (Å²) < 4.78 is 0. The van der Waals surface area contributed by atoms with E-state index in [2.05, 4.69) is 50.8 Å². The van der Waals surface area contributed by atoms with Crippen LogP contribution in [0, 0.1) is 10.8 Å². The lowest BCUT2D eigenvalue weighted by atomic mass is 9.92. The maximum atomic E-state index is 11.8. The van der Waals surface area contributed by atoms with E-state index in [0.717, 1.165) is 31.7 Å². The highest BCUT2D eigenvalue weighted by Gasteiger charge is 2.42. The zero-order valence-electron chi connectivity index (χ0n) is 11.5. The molecule has 0 heterocycles. The van der Waals surface area contributed by atoms with E-state index in [1.165, 1.54) is 0 Å². The fraction of sp³-hybridized carbons (Fsp3) is 0.923. The summed E-state index contributed by atoms with van der Waals surface area (Å²) in [7, 11) is 4.12. The number of thiol groups is 1. The first-order chi connectivity index (χ1) is 7.79. The summed E-state index contributed by atoms with van der Waals surface area (Å²) in [6.07, 6.45) is 2.96. The molecule has 0 radical (unpaired) electrons. The lowest BCUT2D eigenvalue weighted by Gasteiger charge is -2.28. The maximum Gasteiger partial charge on any atom is 0.220 e. The van der Waals surface area contributed by atoms with Crippen LogP contribution in [0.15, 0.2) is 0 Å². The molecule has 0 unspecified atom stereocenters. The van der Waals surface area contributed by atoms with Gasteiger partial charge in [0.2, 0.25) is 5.91 Å². The molecule has 0 aromatic carbocycles. The quantitative estimate of drug-likeness (QED) is 0.682. The molecule has 0 saturated heterocycles. The van der Waals surface area contributed by atoms with E-state index in [1.807, 2.05) is 0 Å². The third-order valence-corrected chi connectivity index (χ3v) is 4.01. The zero-order chi connectivity index (χ0) is 13.1. The molecular weight excluding hydrogens is 232 g/mol. The topological polar surface area (TPSA) is 32.3 Å². The fourth-order valence-corrected chi connectivity index (χ4v) is 2.65. The number of amides is 1. The van der Waals surface area contributed by atoms with Crippen LogP contribution >= 0.6 is 12.6 Å². The van der Waals surface area contributed by atoms with Crippen LogP contribution in [0.4, 0.5) is 0 Å². The summed E-state index contributed by atoms with van der Waals surface area (Å²) in [5, 5.41) is 3.06. The second-order valence-corrected chi connectivity index (χ2v) is 6.83. The molecule has 1 aliphatic rings. The van der Waals surface area contributed by atoms with Crippen molar-refractivity contribution in [1.29, 1.82) is 0 Å². The average Bonchev–Trinajstić information content (AvgIpc) is 2.94. The Hall–Kier alpha value is -0.220. The normalized spacial score (nSPS) is 18.2. The number of rotatable bonds is 7. The number of hydrogen-bond donors (Lipinski definition) is 2. The molecule has 1 N–H and O–H groups in total. The minimum Gasteiger partial charge on any atom is -0.356 e. The largest absolute Gasteiger partial charge is 0.356 e. The summed E-state index contributed by atoms with van der Waals surface area (Å²) in [6.45, 7) is 6.08. The molecule has 1 aliphatic carbocycles. The van der Waals surface area contributed by atoms with Crippen LogP contribution < -0.4 is 5.32 Å². The van der Waals surface area contributed by atoms with Crippen molar-refractivity contribution in [2.75, 3.05) is 32.9 Å². The van der Waals surface area contributed by atoms with Gasteiger partial charge >= 0.3 is 0 Å². The number of nitrogens with one attached hydrogen (secondary N) is 1. The van der Waals surface area contributed by atoms with Crippen molar-refractivity contribution < 1.29 is 4.79 Å². The van der Waals surface area contributed by atoms with Crippen LogP contribution in [0.5, 0.6) is 0 Å². The third-order valence-electron chi connectivity index (χ3n) is 3.34. The Bertz CT molecular complexity index is 273. The third kappa shape index (κ3) is 5.30. The van der Waals surface area contributed by atoms with Gasteiger partial charge < -0.3 is 10.2 Å². The van der Waals surface area contributed by atoms with Crippen LogP contribution in [0.2, 0.25) is 0 Å². The number of nitrogens with zero attached hydrogens (tertiary/aromatic N) is 1. The van der Waals surface area contributed by atoms with Gasteiger partial charge in [-0.3, -0.25) is 4.79 Å². The van der Waals surface area contributed by atoms with Crippen LogP contribution in [-0.4, -0.2) is 43.7 Å². The van der Waals surface area contributed by atoms with E-state index < -0.39 is 0 Å². The Kier molecular flexibility index (Phi) is 4.90. The second kappa shape index (κ2) is 5.61. The van der Waals surface area contributed by atoms with Crippen molar-refractivity contribution in [3.8, 4) is 0 Å². The molecule has 0 spiro atoms. The summed E-state index contributed by atoms with van der Waals surface area (Å²) in [4.78, 5) is 14.0. The van der Waals surface area contributed by atoms with Gasteiger partial charge in [-0.25, -0.2) is 0 Å². The van der Waals surface area contributed by atoms with E-state index in [1.54, 1.807) is 0 Å². The molecule has 17 heavy (non-hydrogen) atoms. The van der Waals surface area contributed by atoms with Gasteiger partial charge in [0, 0.05) is 19.5 Å². The smallest absolute Gasteiger partial charge is 0.220 e. The lowest BCUT2D eigenvalue weighted by Crippen LogP contribution is -2.40. The van der Waals surface area contributed by atoms with Gasteiger partial charge in [-0.05, 0) is 43.5 Å². The highest BCUT2D eigenvalue weighted by atomic mass is 32.1. The molecule has 0 aliphatic heterocycles. The van der Waals surface area contributed by atoms with Gasteiger partial charge in [-0.2, -0.15) is 12.6 Å². The minimum absolute atomic E-state index is 0.122. The summed E-state index contributed by atoms with van der Waals surface area (Å²) in [5.74, 6) is 1.02. The first-order valence-electron chi connectivity index (χ1n) is 6.31. The van der Waals surface area contributed by atoms with E-state index in [9.17, 15) is 4.79 Å². The Labute approximate surface area is 111 Å². The van der Waals surface area contributed by atoms with Crippen molar-refractivity contribution in [3.05, 3.63) is 0 Å². The zero-order valence-corrected chi connectivity index (χ0v) is 12.4. The van der Waals surface area contributed by atoms with Crippen LogP contribution in [0.25, 0.3) is 0 Å². The van der Waals surface area contributed by atoms with Crippen molar-refractivity contribution in [1.82, 2.24) is 10.2 Å². The molecule has 1 fully saturated rings. The molecule has 0 bridgehead atoms. The van der Waals surface area contributed by atoms with Crippen molar-refractivity contribution >= 4 is 18.5 Å². The Morgan fingerprint density at radius 1 is 1.41 bits per heavy atom. The maximum absolute atomic E-state index is 11.8. The highest BCUT2D eigenvalue weighted by Crippen LogP contribution is 2.49. The van der Waals surface area contributed by atoms with Gasteiger partial charge in [0.05, 0.1) is 0 Å². The minimum atomic E-state index is 0.122. The fourth-order valence-electron chi connectivity index (χ4n) is 2.22. The van der Waals surface area contributed by atoms with Gasteiger partial charge in [0.1, 0.15) is 0 Å². The molecule has 0 aromatic rings. The molecular formula is C13H26N2OS. The predicted octanol–water partition coefficient (Wildman–Crippen LogP) is 1.79. The molecule has 0 aromatic heterocycles. The Morgan fingerprint density at radius 2 is 2.00 bits per heavy atom. The Morgan fingerprint density at radius 3 is 2.41 bits per heavy atom. The van der Waals surface area contributed by atoms with Crippen molar-refractivity contribution in [3.63, 3.8) is 0 Å². The summed E-state index contributed by atoms with van der Waals surface area (Å²) >= 11 is 4.32. The van der Waals surface area contributed by atoms with E-state index in [-0.39, 0.29) is 16.7 Å². The summed E-state index contributed by atoms with van der Waals surface area (Å²) in [5.41, 5.74) is 0.343. The monoisotopic (exact) mass is 258 g/mol. The number of carbonyl (C=O) groups is 1. The number of hydrogen-bond acceptors (Lipinski definition) is 3. The first-order valence-corrected chi connectivity index (χ1v) is 6.94. The standard InChI is InChI=1S/C13H26N2OS/c1-12(2,9-15(3)4)8-14-11(16)7-13(10-17)5-6-13/h17H,5-10H2,1-4H3,(H,14,16). The lowest BCUT2D eigenvalue weighted by molar-refractivity contribution is -0.122. The molecule has 4 heteroatoms. The molecule has 1 amide bonds. The second-order valence-electron chi connectivity index (χ2n) is 6.51. The van der Waals surface area contributed by atoms with Crippen LogP contribution in [-0.2, 0) is 4.79 Å². The van der Waals surface area contributed by atoms with Gasteiger partial charge in [-0.15, -0.1) is 0 Å². The van der Waals surface area contributed by atoms with E-state index in [4.69, 9.17) is 0 Å². The first kappa shape index (κ1) is 14.8. The van der Waals surface area contributed by atoms with Gasteiger partial charge in [-0.1, -0.05) is 13.8 Å². The van der Waals surface area contributed by atoms with Crippen molar-refractivity contribution in [2.45, 2.75) is 33.1 Å². The predicted molar refractivity (Wildman–Crippen MR) is 75.5 cm³/mol. The molecule has 3 nitrogen and oxygen atoms in total. The molecule has 1 rings (SSSR count). The highest BCUT2D eigenvalue weighted by molar-refractivity contribution is 7.80. The van der Waals surface area contributed by atoms with Gasteiger partial charge in [0.25, 0.3) is 0 Å². The number of carbonyl (C=O) groups excluding carboxylic acids is 1. The molecule has 0 atom stereocenters. The van der Waals surface area contributed by atoms with Crippen LogP contribution in [0.1, 0.15) is 33.1 Å². The average molecular weight is 258 g/mol. The SMILES string of the molecule is CN(C)CC(C)(C)CNC(=O)CC1(CS)CC1.